The number of nitrogens with zero attached hydrogens (tertiary/aromatic N) is 1. The van der Waals surface area contributed by atoms with Crippen LogP contribution in [0.5, 0.6) is 5.75 Å². The van der Waals surface area contributed by atoms with Gasteiger partial charge < -0.3 is 10.5 Å². The summed E-state index contributed by atoms with van der Waals surface area (Å²) in [5, 5.41) is 0. The lowest BCUT2D eigenvalue weighted by Crippen LogP contribution is -2.44. The first-order valence-electron chi connectivity index (χ1n) is 7.55. The number of piperidine rings is 1. The Bertz CT molecular complexity index is 438. The summed E-state index contributed by atoms with van der Waals surface area (Å²) in [5.41, 5.74) is 8.69. The number of halogens is 1. The Labute approximate surface area is 127 Å². The molecule has 1 aromatic rings. The van der Waals surface area contributed by atoms with Gasteiger partial charge in [-0.15, -0.1) is 12.4 Å². The SMILES string of the molecule is Cl.NCC1CCCCN1CCc1ccc2c(c1)CCO2. The minimum absolute atomic E-state index is 0. The van der Waals surface area contributed by atoms with Crippen molar-refractivity contribution in [2.24, 2.45) is 5.73 Å². The van der Waals surface area contributed by atoms with Crippen LogP contribution in [0, 0.1) is 0 Å². The summed E-state index contributed by atoms with van der Waals surface area (Å²) in [7, 11) is 0. The van der Waals surface area contributed by atoms with Gasteiger partial charge in [-0.3, -0.25) is 4.90 Å². The highest BCUT2D eigenvalue weighted by Gasteiger charge is 2.20. The fraction of sp³-hybridized carbons (Fsp3) is 0.625. The second-order valence-corrected chi connectivity index (χ2v) is 5.71. The molecular formula is C16H25ClN2O. The lowest BCUT2D eigenvalue weighted by atomic mass is 10.0. The quantitative estimate of drug-likeness (QED) is 0.927. The Balaban J connectivity index is 0.00000147. The molecular weight excluding hydrogens is 272 g/mol. The monoisotopic (exact) mass is 296 g/mol. The molecule has 0 bridgehead atoms. The predicted octanol–water partition coefficient (Wildman–Crippen LogP) is 2.40. The molecule has 0 amide bonds. The third-order valence-corrected chi connectivity index (χ3v) is 4.46. The minimum atomic E-state index is 0. The van der Waals surface area contributed by atoms with E-state index in [0.29, 0.717) is 6.04 Å². The van der Waals surface area contributed by atoms with Crippen LogP contribution in [0.3, 0.4) is 0 Å². The number of hydrogen-bond donors (Lipinski definition) is 1. The van der Waals surface area contributed by atoms with Crippen molar-refractivity contribution in [3.8, 4) is 5.75 Å². The fourth-order valence-corrected chi connectivity index (χ4v) is 3.29. The summed E-state index contributed by atoms with van der Waals surface area (Å²) in [5.74, 6) is 1.08. The number of hydrogen-bond acceptors (Lipinski definition) is 3. The van der Waals surface area contributed by atoms with Crippen LogP contribution < -0.4 is 10.5 Å². The van der Waals surface area contributed by atoms with Crippen LogP contribution in [-0.2, 0) is 12.8 Å². The molecule has 1 aromatic carbocycles. The third kappa shape index (κ3) is 3.46. The van der Waals surface area contributed by atoms with Gasteiger partial charge in [0.1, 0.15) is 5.75 Å². The van der Waals surface area contributed by atoms with Crippen LogP contribution in [0.25, 0.3) is 0 Å². The zero-order valence-corrected chi connectivity index (χ0v) is 12.8. The third-order valence-electron chi connectivity index (χ3n) is 4.46. The molecule has 1 unspecified atom stereocenters. The minimum Gasteiger partial charge on any atom is -0.493 e. The van der Waals surface area contributed by atoms with Gasteiger partial charge in [-0.2, -0.15) is 0 Å². The molecule has 1 atom stereocenters. The average molecular weight is 297 g/mol. The van der Waals surface area contributed by atoms with Crippen molar-refractivity contribution in [3.05, 3.63) is 29.3 Å². The maximum Gasteiger partial charge on any atom is 0.122 e. The van der Waals surface area contributed by atoms with Gasteiger partial charge in [-0.05, 0) is 43.0 Å². The van der Waals surface area contributed by atoms with Crippen molar-refractivity contribution >= 4 is 12.4 Å². The molecule has 0 radical (unpaired) electrons. The molecule has 2 aliphatic heterocycles. The van der Waals surface area contributed by atoms with E-state index in [1.54, 1.807) is 0 Å². The predicted molar refractivity (Wildman–Crippen MR) is 84.9 cm³/mol. The Kier molecular flexibility index (Phi) is 5.70. The van der Waals surface area contributed by atoms with Crippen LogP contribution in [0.15, 0.2) is 18.2 Å². The summed E-state index contributed by atoms with van der Waals surface area (Å²) in [6.45, 7) is 4.01. The van der Waals surface area contributed by atoms with E-state index >= 15 is 0 Å². The maximum absolute atomic E-state index is 5.88. The van der Waals surface area contributed by atoms with E-state index in [0.717, 1.165) is 38.3 Å². The van der Waals surface area contributed by atoms with Crippen LogP contribution in [0.4, 0.5) is 0 Å². The van der Waals surface area contributed by atoms with Crippen LogP contribution in [0.1, 0.15) is 30.4 Å². The van der Waals surface area contributed by atoms with Crippen LogP contribution in [0.2, 0.25) is 0 Å². The molecule has 1 fully saturated rings. The first kappa shape index (κ1) is 15.6. The molecule has 0 spiro atoms. The molecule has 112 valence electrons. The molecule has 0 aromatic heterocycles. The first-order valence-corrected chi connectivity index (χ1v) is 7.55. The van der Waals surface area contributed by atoms with Crippen molar-refractivity contribution in [3.63, 3.8) is 0 Å². The zero-order valence-electron chi connectivity index (χ0n) is 12.0. The number of fused-ring (bicyclic) bond motifs is 1. The summed E-state index contributed by atoms with van der Waals surface area (Å²) in [6, 6.07) is 7.27. The largest absolute Gasteiger partial charge is 0.493 e. The Hall–Kier alpha value is -0.770. The van der Waals surface area contributed by atoms with Crippen molar-refractivity contribution in [1.82, 2.24) is 4.90 Å². The van der Waals surface area contributed by atoms with E-state index in [-0.39, 0.29) is 12.4 Å². The van der Waals surface area contributed by atoms with E-state index < -0.39 is 0 Å². The van der Waals surface area contributed by atoms with Crippen molar-refractivity contribution in [2.75, 3.05) is 26.2 Å². The molecule has 20 heavy (non-hydrogen) atoms. The average Bonchev–Trinajstić information content (AvgIpc) is 2.93. The number of likely N-dealkylation sites (tertiary alicyclic amines) is 1. The number of ether oxygens (including phenoxy) is 1. The van der Waals surface area contributed by atoms with Gasteiger partial charge in [0, 0.05) is 25.6 Å². The lowest BCUT2D eigenvalue weighted by molar-refractivity contribution is 0.155. The zero-order chi connectivity index (χ0) is 13.1. The normalized spacial score (nSPS) is 21.9. The smallest absolute Gasteiger partial charge is 0.122 e. The van der Waals surface area contributed by atoms with E-state index in [9.17, 15) is 0 Å². The van der Waals surface area contributed by atoms with E-state index in [1.165, 1.54) is 36.9 Å². The van der Waals surface area contributed by atoms with Gasteiger partial charge in [-0.25, -0.2) is 0 Å². The fourth-order valence-electron chi connectivity index (χ4n) is 3.29. The molecule has 0 saturated carbocycles. The molecule has 3 rings (SSSR count). The standard InChI is InChI=1S/C16H24N2O.ClH/c17-12-15-3-1-2-8-18(15)9-6-13-4-5-16-14(11-13)7-10-19-16;/h4-5,11,15H,1-3,6-10,12,17H2;1H. The highest BCUT2D eigenvalue weighted by molar-refractivity contribution is 5.85. The molecule has 1 saturated heterocycles. The summed E-state index contributed by atoms with van der Waals surface area (Å²) in [4.78, 5) is 2.58. The second kappa shape index (κ2) is 7.30. The molecule has 2 heterocycles. The molecule has 0 aliphatic carbocycles. The topological polar surface area (TPSA) is 38.5 Å². The first-order chi connectivity index (χ1) is 9.36. The van der Waals surface area contributed by atoms with Gasteiger partial charge in [0.25, 0.3) is 0 Å². The summed E-state index contributed by atoms with van der Waals surface area (Å²) in [6.07, 6.45) is 6.14. The Morgan fingerprint density at radius 3 is 3.05 bits per heavy atom. The Morgan fingerprint density at radius 2 is 2.20 bits per heavy atom. The lowest BCUT2D eigenvalue weighted by Gasteiger charge is -2.35. The number of rotatable bonds is 4. The second-order valence-electron chi connectivity index (χ2n) is 5.71. The van der Waals surface area contributed by atoms with Gasteiger partial charge in [0.2, 0.25) is 0 Å². The Morgan fingerprint density at radius 1 is 1.30 bits per heavy atom. The van der Waals surface area contributed by atoms with Gasteiger partial charge in [-0.1, -0.05) is 18.6 Å². The van der Waals surface area contributed by atoms with E-state index in [2.05, 4.69) is 23.1 Å². The number of benzene rings is 1. The van der Waals surface area contributed by atoms with Crippen molar-refractivity contribution in [1.29, 1.82) is 0 Å². The van der Waals surface area contributed by atoms with E-state index in [4.69, 9.17) is 10.5 Å². The van der Waals surface area contributed by atoms with Crippen molar-refractivity contribution < 1.29 is 4.74 Å². The van der Waals surface area contributed by atoms with Gasteiger partial charge in [0.15, 0.2) is 0 Å². The molecule has 4 heteroatoms. The molecule has 2 N–H and O–H groups in total. The summed E-state index contributed by atoms with van der Waals surface area (Å²) < 4.78 is 5.56. The van der Waals surface area contributed by atoms with Crippen molar-refractivity contribution in [2.45, 2.75) is 38.1 Å². The van der Waals surface area contributed by atoms with Crippen LogP contribution >= 0.6 is 12.4 Å². The van der Waals surface area contributed by atoms with Crippen LogP contribution in [-0.4, -0.2) is 37.2 Å². The summed E-state index contributed by atoms with van der Waals surface area (Å²) >= 11 is 0. The van der Waals surface area contributed by atoms with E-state index in [1.807, 2.05) is 0 Å². The highest BCUT2D eigenvalue weighted by atomic mass is 35.5. The highest BCUT2D eigenvalue weighted by Crippen LogP contribution is 2.26. The van der Waals surface area contributed by atoms with Gasteiger partial charge in [0.05, 0.1) is 6.61 Å². The number of nitrogens with two attached hydrogens (primary N) is 1. The molecule has 3 nitrogen and oxygen atoms in total. The maximum atomic E-state index is 5.88. The molecule has 2 aliphatic rings. The van der Waals surface area contributed by atoms with Gasteiger partial charge >= 0.3 is 0 Å².